The van der Waals surface area contributed by atoms with Crippen LogP contribution in [-0.2, 0) is 9.53 Å². The van der Waals surface area contributed by atoms with Gasteiger partial charge in [-0.15, -0.1) is 0 Å². The number of esters is 1. The number of nitrogens with two attached hydrogens (primary N) is 1. The first-order valence-corrected chi connectivity index (χ1v) is 5.94. The first-order valence-electron chi connectivity index (χ1n) is 5.94. The summed E-state index contributed by atoms with van der Waals surface area (Å²) >= 11 is 0. The van der Waals surface area contributed by atoms with E-state index < -0.39 is 0 Å². The van der Waals surface area contributed by atoms with E-state index in [2.05, 4.69) is 41.5 Å². The second kappa shape index (κ2) is 5.67. The Morgan fingerprint density at radius 3 is 1.88 bits per heavy atom. The molecule has 16 heavy (non-hydrogen) atoms. The summed E-state index contributed by atoms with van der Waals surface area (Å²) in [5.74, 6) is 0.187. The third-order valence-corrected chi connectivity index (χ3v) is 2.93. The average Bonchev–Trinajstić information content (AvgIpc) is 2.07. The summed E-state index contributed by atoms with van der Waals surface area (Å²) in [5, 5.41) is 0. The van der Waals surface area contributed by atoms with Crippen molar-refractivity contribution < 1.29 is 9.53 Å². The van der Waals surface area contributed by atoms with E-state index in [0.29, 0.717) is 12.5 Å². The molecule has 0 aliphatic heterocycles. The van der Waals surface area contributed by atoms with Crippen LogP contribution in [0.15, 0.2) is 0 Å². The molecule has 0 fully saturated rings. The molecule has 0 heterocycles. The monoisotopic (exact) mass is 229 g/mol. The van der Waals surface area contributed by atoms with Crippen molar-refractivity contribution in [3.8, 4) is 0 Å². The highest BCUT2D eigenvalue weighted by Gasteiger charge is 2.34. The van der Waals surface area contributed by atoms with Gasteiger partial charge in [-0.1, -0.05) is 41.5 Å². The molecule has 3 heteroatoms. The van der Waals surface area contributed by atoms with Crippen LogP contribution in [0, 0.1) is 16.7 Å². The molecule has 0 aromatic carbocycles. The predicted octanol–water partition coefficient (Wildman–Crippen LogP) is 2.59. The fourth-order valence-electron chi connectivity index (χ4n) is 2.51. The van der Waals surface area contributed by atoms with Crippen LogP contribution in [0.1, 0.15) is 48.0 Å². The lowest BCUT2D eigenvalue weighted by molar-refractivity contribution is -0.143. The van der Waals surface area contributed by atoms with E-state index in [1.807, 2.05) is 0 Å². The van der Waals surface area contributed by atoms with Gasteiger partial charge in [0.25, 0.3) is 0 Å². The SMILES string of the molecule is CC(C)(C)C(CCOC(=O)CN)C(C)(C)C. The Bertz CT molecular complexity index is 209. The fourth-order valence-corrected chi connectivity index (χ4v) is 2.51. The van der Waals surface area contributed by atoms with Crippen LogP contribution in [0.5, 0.6) is 0 Å². The topological polar surface area (TPSA) is 52.3 Å². The van der Waals surface area contributed by atoms with Gasteiger partial charge in [0.1, 0.15) is 0 Å². The van der Waals surface area contributed by atoms with Gasteiger partial charge >= 0.3 is 5.97 Å². The van der Waals surface area contributed by atoms with Gasteiger partial charge in [-0.2, -0.15) is 0 Å². The number of carbonyl (C=O) groups excluding carboxylic acids is 1. The van der Waals surface area contributed by atoms with Crippen molar-refractivity contribution in [1.82, 2.24) is 0 Å². The molecular weight excluding hydrogens is 202 g/mol. The van der Waals surface area contributed by atoms with Crippen LogP contribution >= 0.6 is 0 Å². The lowest BCUT2D eigenvalue weighted by Gasteiger charge is -2.40. The molecule has 0 amide bonds. The highest BCUT2D eigenvalue weighted by atomic mass is 16.5. The zero-order valence-electron chi connectivity index (χ0n) is 11.6. The molecule has 2 N–H and O–H groups in total. The number of ether oxygens (including phenoxy) is 1. The molecule has 96 valence electrons. The minimum Gasteiger partial charge on any atom is -0.465 e. The molecule has 0 atom stereocenters. The van der Waals surface area contributed by atoms with E-state index in [-0.39, 0.29) is 23.3 Å². The summed E-state index contributed by atoms with van der Waals surface area (Å²) in [4.78, 5) is 10.9. The maximum absolute atomic E-state index is 10.9. The summed E-state index contributed by atoms with van der Waals surface area (Å²) in [6, 6.07) is 0. The van der Waals surface area contributed by atoms with E-state index in [9.17, 15) is 4.79 Å². The molecular formula is C13H27NO2. The molecule has 0 bridgehead atoms. The van der Waals surface area contributed by atoms with Gasteiger partial charge in [0.15, 0.2) is 0 Å². The van der Waals surface area contributed by atoms with E-state index in [4.69, 9.17) is 10.5 Å². The van der Waals surface area contributed by atoms with Crippen LogP contribution in [0.2, 0.25) is 0 Å². The van der Waals surface area contributed by atoms with E-state index >= 15 is 0 Å². The standard InChI is InChI=1S/C13H27NO2/c1-12(2,3)10(13(4,5)6)7-8-16-11(15)9-14/h10H,7-9,14H2,1-6H3. The summed E-state index contributed by atoms with van der Waals surface area (Å²) in [7, 11) is 0. The Morgan fingerprint density at radius 1 is 1.12 bits per heavy atom. The predicted molar refractivity (Wildman–Crippen MR) is 67.0 cm³/mol. The van der Waals surface area contributed by atoms with Gasteiger partial charge in [0.2, 0.25) is 0 Å². The van der Waals surface area contributed by atoms with Gasteiger partial charge in [-0.25, -0.2) is 0 Å². The Balaban J connectivity index is 4.31. The molecule has 0 rings (SSSR count). The van der Waals surface area contributed by atoms with Crippen LogP contribution in [0.3, 0.4) is 0 Å². The minimum absolute atomic E-state index is 0.0320. The molecule has 0 aliphatic carbocycles. The lowest BCUT2D eigenvalue weighted by Crippen LogP contribution is -2.34. The summed E-state index contributed by atoms with van der Waals surface area (Å²) in [5.41, 5.74) is 5.62. The zero-order chi connectivity index (χ0) is 13.0. The van der Waals surface area contributed by atoms with Crippen molar-refractivity contribution >= 4 is 5.97 Å². The average molecular weight is 229 g/mol. The molecule has 0 spiro atoms. The van der Waals surface area contributed by atoms with Crippen LogP contribution in [0.25, 0.3) is 0 Å². The first-order chi connectivity index (χ1) is 7.09. The molecule has 0 unspecified atom stereocenters. The van der Waals surface area contributed by atoms with Gasteiger partial charge in [-0.3, -0.25) is 4.79 Å². The van der Waals surface area contributed by atoms with Gasteiger partial charge in [-0.05, 0) is 23.2 Å². The summed E-state index contributed by atoms with van der Waals surface area (Å²) in [6.45, 7) is 13.8. The van der Waals surface area contributed by atoms with Crippen molar-refractivity contribution in [2.24, 2.45) is 22.5 Å². The Hall–Kier alpha value is -0.570. The Kier molecular flexibility index (Phi) is 5.47. The van der Waals surface area contributed by atoms with Crippen molar-refractivity contribution in [2.45, 2.75) is 48.0 Å². The summed E-state index contributed by atoms with van der Waals surface area (Å²) in [6.07, 6.45) is 0.888. The van der Waals surface area contributed by atoms with Crippen molar-refractivity contribution in [2.75, 3.05) is 13.2 Å². The number of carbonyl (C=O) groups is 1. The zero-order valence-corrected chi connectivity index (χ0v) is 11.6. The molecule has 0 aromatic rings. The van der Waals surface area contributed by atoms with E-state index in [1.165, 1.54) is 0 Å². The number of hydrogen-bond donors (Lipinski definition) is 1. The van der Waals surface area contributed by atoms with Gasteiger partial charge < -0.3 is 10.5 Å². The third kappa shape index (κ3) is 5.50. The van der Waals surface area contributed by atoms with Crippen molar-refractivity contribution in [3.63, 3.8) is 0 Å². The van der Waals surface area contributed by atoms with Crippen molar-refractivity contribution in [3.05, 3.63) is 0 Å². The van der Waals surface area contributed by atoms with E-state index in [0.717, 1.165) is 6.42 Å². The molecule has 0 aliphatic rings. The van der Waals surface area contributed by atoms with Gasteiger partial charge in [0.05, 0.1) is 13.2 Å². The maximum atomic E-state index is 10.9. The smallest absolute Gasteiger partial charge is 0.319 e. The number of hydrogen-bond acceptors (Lipinski definition) is 3. The quantitative estimate of drug-likeness (QED) is 0.754. The Morgan fingerprint density at radius 2 is 1.56 bits per heavy atom. The lowest BCUT2D eigenvalue weighted by atomic mass is 9.65. The second-order valence-electron chi connectivity index (χ2n) is 6.50. The number of rotatable bonds is 4. The maximum Gasteiger partial charge on any atom is 0.319 e. The fraction of sp³-hybridized carbons (Fsp3) is 0.923. The third-order valence-electron chi connectivity index (χ3n) is 2.93. The Labute approximate surface area is 99.7 Å². The molecule has 0 saturated heterocycles. The van der Waals surface area contributed by atoms with E-state index in [1.54, 1.807) is 0 Å². The van der Waals surface area contributed by atoms with Crippen LogP contribution < -0.4 is 5.73 Å². The first kappa shape index (κ1) is 15.4. The highest BCUT2D eigenvalue weighted by molar-refractivity contribution is 5.71. The molecule has 0 radical (unpaired) electrons. The summed E-state index contributed by atoms with van der Waals surface area (Å²) < 4.78 is 5.05. The van der Waals surface area contributed by atoms with Crippen LogP contribution in [0.4, 0.5) is 0 Å². The minimum atomic E-state index is -0.318. The normalized spacial score (nSPS) is 13.0. The molecule has 0 aromatic heterocycles. The molecule has 0 saturated carbocycles. The highest BCUT2D eigenvalue weighted by Crippen LogP contribution is 2.41. The molecule has 3 nitrogen and oxygen atoms in total. The van der Waals surface area contributed by atoms with Crippen LogP contribution in [-0.4, -0.2) is 19.1 Å². The largest absolute Gasteiger partial charge is 0.465 e. The van der Waals surface area contributed by atoms with Gasteiger partial charge in [0, 0.05) is 0 Å². The van der Waals surface area contributed by atoms with Crippen molar-refractivity contribution in [1.29, 1.82) is 0 Å². The second-order valence-corrected chi connectivity index (χ2v) is 6.50.